The molecule has 2 heterocycles. The second kappa shape index (κ2) is 10.7. The number of anilines is 1. The minimum atomic E-state index is -3.74. The van der Waals surface area contributed by atoms with E-state index in [1.807, 2.05) is 18.2 Å². The number of methoxy groups -OCH3 is 1. The van der Waals surface area contributed by atoms with Crippen molar-refractivity contribution in [2.75, 3.05) is 71.7 Å². The van der Waals surface area contributed by atoms with Crippen molar-refractivity contribution in [1.29, 1.82) is 0 Å². The molecule has 2 aliphatic heterocycles. The number of benzene rings is 2. The van der Waals surface area contributed by atoms with Gasteiger partial charge in [0.05, 0.1) is 44.0 Å². The molecule has 2 aromatic rings. The molecular formula is C24H31N3O6S. The molecule has 2 saturated heterocycles. The van der Waals surface area contributed by atoms with Gasteiger partial charge in [0.25, 0.3) is 5.91 Å². The topological polar surface area (TPSA) is 88.6 Å². The van der Waals surface area contributed by atoms with Crippen LogP contribution in [0.25, 0.3) is 0 Å². The lowest BCUT2D eigenvalue weighted by Gasteiger charge is -2.31. The maximum Gasteiger partial charge on any atom is 0.257 e. The Labute approximate surface area is 200 Å². The quantitative estimate of drug-likeness (QED) is 0.586. The van der Waals surface area contributed by atoms with Gasteiger partial charge in [-0.25, -0.2) is 8.42 Å². The van der Waals surface area contributed by atoms with Crippen molar-refractivity contribution >= 4 is 21.6 Å². The Morgan fingerprint density at radius 3 is 2.32 bits per heavy atom. The molecule has 0 aromatic heterocycles. The number of sulfonamides is 1. The summed E-state index contributed by atoms with van der Waals surface area (Å²) < 4.78 is 43.8. The molecule has 0 aliphatic carbocycles. The number of carbonyl (C=O) groups excluding carboxylic acids is 1. The van der Waals surface area contributed by atoms with Gasteiger partial charge >= 0.3 is 0 Å². The number of hydrogen-bond donors (Lipinski definition) is 0. The Morgan fingerprint density at radius 1 is 1.00 bits per heavy atom. The van der Waals surface area contributed by atoms with Gasteiger partial charge in [-0.05, 0) is 29.8 Å². The molecule has 0 N–H and O–H groups in total. The fourth-order valence-electron chi connectivity index (χ4n) is 4.24. The first-order valence-corrected chi connectivity index (χ1v) is 12.8. The highest BCUT2D eigenvalue weighted by Gasteiger charge is 2.29. The number of hydrogen-bond acceptors (Lipinski definition) is 7. The van der Waals surface area contributed by atoms with E-state index in [0.717, 1.165) is 24.3 Å². The molecule has 0 spiro atoms. The summed E-state index contributed by atoms with van der Waals surface area (Å²) in [5, 5.41) is 0. The van der Waals surface area contributed by atoms with Gasteiger partial charge in [0.15, 0.2) is 0 Å². The largest absolute Gasteiger partial charge is 0.496 e. The van der Waals surface area contributed by atoms with Crippen molar-refractivity contribution in [1.82, 2.24) is 9.21 Å². The highest BCUT2D eigenvalue weighted by atomic mass is 32.2. The number of rotatable bonds is 7. The smallest absolute Gasteiger partial charge is 0.257 e. The zero-order chi connectivity index (χ0) is 24.1. The Kier molecular flexibility index (Phi) is 7.72. The Hall–Kier alpha value is -2.66. The van der Waals surface area contributed by atoms with Crippen molar-refractivity contribution in [3.05, 3.63) is 53.6 Å². The molecule has 0 bridgehead atoms. The third kappa shape index (κ3) is 5.20. The molecule has 0 saturated carbocycles. The molecule has 4 rings (SSSR count). The molecule has 10 heteroatoms. The Balaban J connectivity index is 1.58. The molecule has 184 valence electrons. The number of para-hydroxylation sites is 1. The molecule has 34 heavy (non-hydrogen) atoms. The van der Waals surface area contributed by atoms with Crippen LogP contribution in [0.3, 0.4) is 0 Å². The van der Waals surface area contributed by atoms with E-state index in [1.165, 1.54) is 29.6 Å². The third-order valence-corrected chi connectivity index (χ3v) is 8.00. The predicted octanol–water partition coefficient (Wildman–Crippen LogP) is 1.82. The predicted molar refractivity (Wildman–Crippen MR) is 128 cm³/mol. The van der Waals surface area contributed by atoms with Crippen molar-refractivity contribution in [3.8, 4) is 5.75 Å². The van der Waals surface area contributed by atoms with E-state index in [4.69, 9.17) is 14.2 Å². The number of carbonyl (C=O) groups is 1. The fourth-order valence-corrected chi connectivity index (χ4v) is 5.68. The van der Waals surface area contributed by atoms with Crippen molar-refractivity contribution in [2.24, 2.45) is 0 Å². The number of ether oxygens (including phenoxy) is 3. The minimum absolute atomic E-state index is 0.0701. The summed E-state index contributed by atoms with van der Waals surface area (Å²) in [5.41, 5.74) is 2.29. The zero-order valence-corrected chi connectivity index (χ0v) is 20.4. The van der Waals surface area contributed by atoms with Crippen LogP contribution in [0.1, 0.15) is 15.9 Å². The van der Waals surface area contributed by atoms with Gasteiger partial charge in [-0.2, -0.15) is 4.31 Å². The van der Waals surface area contributed by atoms with Crippen molar-refractivity contribution in [2.45, 2.75) is 11.4 Å². The van der Waals surface area contributed by atoms with E-state index in [9.17, 15) is 13.2 Å². The first-order chi connectivity index (χ1) is 16.4. The van der Waals surface area contributed by atoms with Gasteiger partial charge in [-0.3, -0.25) is 4.79 Å². The van der Waals surface area contributed by atoms with Gasteiger partial charge in [0.1, 0.15) is 5.75 Å². The lowest BCUT2D eigenvalue weighted by molar-refractivity contribution is 0.0730. The lowest BCUT2D eigenvalue weighted by atomic mass is 10.1. The average molecular weight is 490 g/mol. The van der Waals surface area contributed by atoms with E-state index >= 15 is 0 Å². The first kappa shape index (κ1) is 24.5. The fraction of sp³-hybridized carbons (Fsp3) is 0.458. The average Bonchev–Trinajstić information content (AvgIpc) is 2.89. The van der Waals surface area contributed by atoms with Gasteiger partial charge < -0.3 is 24.0 Å². The standard InChI is InChI=1S/C24H31N3O6S/c1-25(18-19-5-3-4-6-22(19)26-9-13-32-14-10-26)24(28)21-17-20(7-8-23(21)31-2)34(29,30)27-11-15-33-16-12-27/h3-8,17H,9-16,18H2,1-2H3. The summed E-state index contributed by atoms with van der Waals surface area (Å²) in [5.74, 6) is 0.0203. The summed E-state index contributed by atoms with van der Waals surface area (Å²) >= 11 is 0. The molecule has 2 aliphatic rings. The van der Waals surface area contributed by atoms with Crippen LogP contribution in [-0.2, 0) is 26.0 Å². The van der Waals surface area contributed by atoms with Crippen LogP contribution in [0.15, 0.2) is 47.4 Å². The maximum absolute atomic E-state index is 13.5. The van der Waals surface area contributed by atoms with Gasteiger partial charge in [0.2, 0.25) is 10.0 Å². The molecule has 1 amide bonds. The zero-order valence-electron chi connectivity index (χ0n) is 19.6. The summed E-state index contributed by atoms with van der Waals surface area (Å²) in [4.78, 5) is 17.4. The molecule has 0 unspecified atom stereocenters. The highest BCUT2D eigenvalue weighted by molar-refractivity contribution is 7.89. The van der Waals surface area contributed by atoms with E-state index in [0.29, 0.717) is 38.7 Å². The summed E-state index contributed by atoms with van der Waals surface area (Å²) in [6, 6.07) is 12.4. The highest BCUT2D eigenvalue weighted by Crippen LogP contribution is 2.28. The summed E-state index contributed by atoms with van der Waals surface area (Å²) in [7, 11) is -0.563. The maximum atomic E-state index is 13.5. The van der Waals surface area contributed by atoms with Crippen LogP contribution < -0.4 is 9.64 Å². The van der Waals surface area contributed by atoms with Crippen molar-refractivity contribution in [3.63, 3.8) is 0 Å². The molecular weight excluding hydrogens is 458 g/mol. The van der Waals surface area contributed by atoms with E-state index in [1.54, 1.807) is 11.9 Å². The molecule has 2 aromatic carbocycles. The van der Waals surface area contributed by atoms with Crippen LogP contribution in [-0.4, -0.2) is 90.3 Å². The van der Waals surface area contributed by atoms with E-state index < -0.39 is 10.0 Å². The van der Waals surface area contributed by atoms with Crippen LogP contribution >= 0.6 is 0 Å². The molecule has 0 radical (unpaired) electrons. The second-order valence-corrected chi connectivity index (χ2v) is 10.2. The summed E-state index contributed by atoms with van der Waals surface area (Å²) in [6.45, 7) is 4.59. The number of morpholine rings is 2. The van der Waals surface area contributed by atoms with Crippen LogP contribution in [0.2, 0.25) is 0 Å². The van der Waals surface area contributed by atoms with Crippen LogP contribution in [0.5, 0.6) is 5.75 Å². The summed E-state index contributed by atoms with van der Waals surface area (Å²) in [6.07, 6.45) is 0. The lowest BCUT2D eigenvalue weighted by Crippen LogP contribution is -2.40. The Bertz CT molecular complexity index is 1110. The molecule has 9 nitrogen and oxygen atoms in total. The minimum Gasteiger partial charge on any atom is -0.496 e. The van der Waals surface area contributed by atoms with Gasteiger partial charge in [-0.15, -0.1) is 0 Å². The monoisotopic (exact) mass is 489 g/mol. The van der Waals surface area contributed by atoms with Crippen molar-refractivity contribution < 1.29 is 27.4 Å². The third-order valence-electron chi connectivity index (χ3n) is 6.11. The number of nitrogens with zero attached hydrogens (tertiary/aromatic N) is 3. The van der Waals surface area contributed by atoms with E-state index in [2.05, 4.69) is 11.0 Å². The van der Waals surface area contributed by atoms with E-state index in [-0.39, 0.29) is 29.5 Å². The van der Waals surface area contributed by atoms with Gasteiger partial charge in [0, 0.05) is 45.5 Å². The molecule has 0 atom stereocenters. The van der Waals surface area contributed by atoms with Gasteiger partial charge in [-0.1, -0.05) is 18.2 Å². The first-order valence-electron chi connectivity index (χ1n) is 11.3. The normalized spacial score (nSPS) is 17.4. The Morgan fingerprint density at radius 2 is 1.65 bits per heavy atom. The second-order valence-electron chi connectivity index (χ2n) is 8.27. The van der Waals surface area contributed by atoms with Crippen LogP contribution in [0.4, 0.5) is 5.69 Å². The SMILES string of the molecule is COc1ccc(S(=O)(=O)N2CCOCC2)cc1C(=O)N(C)Cc1ccccc1N1CCOCC1. The number of amides is 1. The molecule has 2 fully saturated rings. The van der Waals surface area contributed by atoms with Crippen LogP contribution in [0, 0.1) is 0 Å².